The zero-order chi connectivity index (χ0) is 13.8. The summed E-state index contributed by atoms with van der Waals surface area (Å²) in [6.07, 6.45) is 1.70. The number of carbonyl (C=O) groups is 1. The molecule has 0 aliphatic heterocycles. The van der Waals surface area contributed by atoms with Crippen molar-refractivity contribution in [3.63, 3.8) is 0 Å². The lowest BCUT2D eigenvalue weighted by atomic mass is 10.00. The van der Waals surface area contributed by atoms with Crippen molar-refractivity contribution in [2.75, 3.05) is 6.54 Å². The Labute approximate surface area is 116 Å². The van der Waals surface area contributed by atoms with E-state index in [1.165, 1.54) is 0 Å². The Hall–Kier alpha value is -1.65. The molecule has 100 valence electrons. The van der Waals surface area contributed by atoms with Crippen LogP contribution in [0.2, 0.25) is 5.02 Å². The molecule has 0 spiro atoms. The first-order chi connectivity index (χ1) is 9.13. The molecule has 19 heavy (non-hydrogen) atoms. The van der Waals surface area contributed by atoms with Crippen molar-refractivity contribution in [1.29, 1.82) is 0 Å². The predicted octanol–water partition coefficient (Wildman–Crippen LogP) is 3.01. The van der Waals surface area contributed by atoms with E-state index in [-0.39, 0.29) is 12.5 Å². The number of hydrogen-bond acceptors (Lipinski definition) is 3. The average molecular weight is 279 g/mol. The van der Waals surface area contributed by atoms with Crippen molar-refractivity contribution >= 4 is 28.5 Å². The van der Waals surface area contributed by atoms with Gasteiger partial charge in [0.25, 0.3) is 0 Å². The van der Waals surface area contributed by atoms with E-state index < -0.39 is 5.97 Å². The zero-order valence-electron chi connectivity index (χ0n) is 10.6. The van der Waals surface area contributed by atoms with E-state index in [1.54, 1.807) is 12.3 Å². The molecule has 0 bridgehead atoms. The maximum absolute atomic E-state index is 11.0. The molecule has 1 unspecified atom stereocenters. The highest BCUT2D eigenvalue weighted by Gasteiger charge is 2.18. The minimum absolute atomic E-state index is 0.0150. The molecule has 4 nitrogen and oxygen atoms in total. The molecule has 0 aliphatic rings. The number of halogens is 1. The second-order valence-electron chi connectivity index (χ2n) is 4.24. The van der Waals surface area contributed by atoms with Crippen LogP contribution in [0, 0.1) is 0 Å². The fraction of sp³-hybridized carbons (Fsp3) is 0.286. The van der Waals surface area contributed by atoms with Crippen LogP contribution in [0.1, 0.15) is 24.9 Å². The van der Waals surface area contributed by atoms with Crippen molar-refractivity contribution in [1.82, 2.24) is 10.3 Å². The Morgan fingerprint density at radius 3 is 2.95 bits per heavy atom. The number of rotatable bonds is 5. The van der Waals surface area contributed by atoms with Crippen molar-refractivity contribution < 1.29 is 9.90 Å². The van der Waals surface area contributed by atoms with Crippen LogP contribution in [0.25, 0.3) is 10.9 Å². The van der Waals surface area contributed by atoms with Crippen molar-refractivity contribution in [2.45, 2.75) is 19.4 Å². The van der Waals surface area contributed by atoms with Crippen LogP contribution in [0.5, 0.6) is 0 Å². The van der Waals surface area contributed by atoms with Gasteiger partial charge in [-0.25, -0.2) is 0 Å². The van der Waals surface area contributed by atoms with E-state index in [2.05, 4.69) is 10.3 Å². The summed E-state index contributed by atoms with van der Waals surface area (Å²) in [5.41, 5.74) is 1.62. The summed E-state index contributed by atoms with van der Waals surface area (Å²) >= 11 is 6.14. The number of carboxylic acids is 1. The van der Waals surface area contributed by atoms with E-state index in [4.69, 9.17) is 16.7 Å². The fourth-order valence-corrected chi connectivity index (χ4v) is 2.37. The van der Waals surface area contributed by atoms with Gasteiger partial charge in [-0.1, -0.05) is 24.6 Å². The third-order valence-electron chi connectivity index (χ3n) is 2.95. The van der Waals surface area contributed by atoms with E-state index in [1.807, 2.05) is 25.1 Å². The summed E-state index contributed by atoms with van der Waals surface area (Å²) in [5, 5.41) is 13.7. The largest absolute Gasteiger partial charge is 0.481 e. The Morgan fingerprint density at radius 1 is 1.47 bits per heavy atom. The molecule has 1 aromatic carbocycles. The second kappa shape index (κ2) is 5.99. The number of nitrogens with zero attached hydrogens (tertiary/aromatic N) is 1. The first kappa shape index (κ1) is 13.8. The third-order valence-corrected chi connectivity index (χ3v) is 3.28. The second-order valence-corrected chi connectivity index (χ2v) is 4.65. The Balaban J connectivity index is 2.53. The zero-order valence-corrected chi connectivity index (χ0v) is 11.3. The maximum Gasteiger partial charge on any atom is 0.305 e. The summed E-state index contributed by atoms with van der Waals surface area (Å²) in [6, 6.07) is 7.06. The van der Waals surface area contributed by atoms with Crippen LogP contribution >= 0.6 is 11.6 Å². The van der Waals surface area contributed by atoms with E-state index in [0.29, 0.717) is 11.6 Å². The standard InChI is InChI=1S/C14H15ClN2O2/c1-2-16-12(8-13(18)19)10-5-6-11(15)9-4-3-7-17-14(9)10/h3-7,12,16H,2,8H2,1H3,(H,18,19). The first-order valence-electron chi connectivity index (χ1n) is 6.11. The lowest BCUT2D eigenvalue weighted by molar-refractivity contribution is -0.137. The first-order valence-corrected chi connectivity index (χ1v) is 6.49. The number of pyridine rings is 1. The summed E-state index contributed by atoms with van der Waals surface area (Å²) in [7, 11) is 0. The average Bonchev–Trinajstić information content (AvgIpc) is 2.39. The molecule has 5 heteroatoms. The topological polar surface area (TPSA) is 62.2 Å². The quantitative estimate of drug-likeness (QED) is 0.882. The van der Waals surface area contributed by atoms with Gasteiger partial charge < -0.3 is 10.4 Å². The van der Waals surface area contributed by atoms with Crippen molar-refractivity contribution in [2.24, 2.45) is 0 Å². The predicted molar refractivity (Wildman–Crippen MR) is 75.4 cm³/mol. The van der Waals surface area contributed by atoms with E-state index in [9.17, 15) is 4.79 Å². The number of hydrogen-bond donors (Lipinski definition) is 2. The summed E-state index contributed by atoms with van der Waals surface area (Å²) in [6.45, 7) is 2.63. The lowest BCUT2D eigenvalue weighted by Gasteiger charge is -2.18. The fourth-order valence-electron chi connectivity index (χ4n) is 2.15. The Kier molecular flexibility index (Phi) is 4.35. The van der Waals surface area contributed by atoms with Gasteiger partial charge in [-0.15, -0.1) is 0 Å². The van der Waals surface area contributed by atoms with Crippen LogP contribution in [-0.2, 0) is 4.79 Å². The van der Waals surface area contributed by atoms with Crippen LogP contribution in [0.3, 0.4) is 0 Å². The van der Waals surface area contributed by atoms with E-state index in [0.717, 1.165) is 16.5 Å². The molecular weight excluding hydrogens is 264 g/mol. The summed E-state index contributed by atoms with van der Waals surface area (Å²) in [4.78, 5) is 15.3. The normalized spacial score (nSPS) is 12.5. The highest BCUT2D eigenvalue weighted by atomic mass is 35.5. The van der Waals surface area contributed by atoms with Gasteiger partial charge in [0.2, 0.25) is 0 Å². The minimum atomic E-state index is -0.843. The number of aliphatic carboxylic acids is 1. The molecule has 0 fully saturated rings. The Bertz CT molecular complexity index is 601. The molecule has 1 heterocycles. The summed E-state index contributed by atoms with van der Waals surface area (Å²) < 4.78 is 0. The molecular formula is C14H15ClN2O2. The number of aromatic nitrogens is 1. The molecule has 2 rings (SSSR count). The number of nitrogens with one attached hydrogen (secondary N) is 1. The lowest BCUT2D eigenvalue weighted by Crippen LogP contribution is -2.24. The van der Waals surface area contributed by atoms with Crippen LogP contribution in [-0.4, -0.2) is 22.6 Å². The number of fused-ring (bicyclic) bond motifs is 1. The molecule has 0 amide bonds. The molecule has 0 radical (unpaired) electrons. The maximum atomic E-state index is 11.0. The van der Waals surface area contributed by atoms with Crippen molar-refractivity contribution in [3.05, 3.63) is 41.0 Å². The van der Waals surface area contributed by atoms with Gasteiger partial charge in [0.15, 0.2) is 0 Å². The monoisotopic (exact) mass is 278 g/mol. The van der Waals surface area contributed by atoms with Crippen LogP contribution in [0.4, 0.5) is 0 Å². The van der Waals surface area contributed by atoms with Gasteiger partial charge in [0.05, 0.1) is 11.9 Å². The highest BCUT2D eigenvalue weighted by molar-refractivity contribution is 6.35. The van der Waals surface area contributed by atoms with Gasteiger partial charge in [-0.3, -0.25) is 9.78 Å². The molecule has 0 aliphatic carbocycles. The number of carboxylic acid groups (broad SMARTS) is 1. The van der Waals surface area contributed by atoms with Gasteiger partial charge in [-0.2, -0.15) is 0 Å². The minimum Gasteiger partial charge on any atom is -0.481 e. The van der Waals surface area contributed by atoms with Crippen LogP contribution < -0.4 is 5.32 Å². The van der Waals surface area contributed by atoms with Gasteiger partial charge in [-0.05, 0) is 30.3 Å². The summed E-state index contributed by atoms with van der Waals surface area (Å²) in [5.74, 6) is -0.843. The van der Waals surface area contributed by atoms with Crippen LogP contribution in [0.15, 0.2) is 30.5 Å². The van der Waals surface area contributed by atoms with Crippen molar-refractivity contribution in [3.8, 4) is 0 Å². The van der Waals surface area contributed by atoms with Gasteiger partial charge in [0, 0.05) is 22.6 Å². The van der Waals surface area contributed by atoms with Gasteiger partial charge >= 0.3 is 5.97 Å². The van der Waals surface area contributed by atoms with Gasteiger partial charge in [0.1, 0.15) is 0 Å². The smallest absolute Gasteiger partial charge is 0.305 e. The molecule has 0 saturated heterocycles. The molecule has 0 saturated carbocycles. The Morgan fingerprint density at radius 2 is 2.26 bits per heavy atom. The molecule has 2 N–H and O–H groups in total. The third kappa shape index (κ3) is 3.03. The molecule has 1 atom stereocenters. The molecule has 1 aromatic heterocycles. The number of benzene rings is 1. The molecule has 2 aromatic rings. The van der Waals surface area contributed by atoms with E-state index >= 15 is 0 Å². The highest BCUT2D eigenvalue weighted by Crippen LogP contribution is 2.29. The SMILES string of the molecule is CCNC(CC(=O)O)c1ccc(Cl)c2cccnc12.